The molecule has 1 amide bonds. The quantitative estimate of drug-likeness (QED) is 0.346. The second-order valence-corrected chi connectivity index (χ2v) is 11.0. The molecule has 0 spiro atoms. The molecule has 0 bridgehead atoms. The molecule has 0 saturated carbocycles. The molecule has 5 aromatic rings. The van der Waals surface area contributed by atoms with Crippen LogP contribution in [0.2, 0.25) is 0 Å². The maximum absolute atomic E-state index is 13.2. The number of nitrogens with zero attached hydrogens (tertiary/aromatic N) is 4. The highest BCUT2D eigenvalue weighted by atomic mass is 32.1. The van der Waals surface area contributed by atoms with Crippen LogP contribution in [0.5, 0.6) is 0 Å². The lowest BCUT2D eigenvalue weighted by molar-refractivity contribution is -0.132. The van der Waals surface area contributed by atoms with Gasteiger partial charge in [0.1, 0.15) is 11.4 Å². The maximum atomic E-state index is 13.2. The summed E-state index contributed by atoms with van der Waals surface area (Å²) in [6.07, 6.45) is 3.29. The third-order valence-electron chi connectivity index (χ3n) is 6.16. The predicted molar refractivity (Wildman–Crippen MR) is 135 cm³/mol. The summed E-state index contributed by atoms with van der Waals surface area (Å²) < 4.78 is 2.66. The predicted octanol–water partition coefficient (Wildman–Crippen LogP) is 5.20. The van der Waals surface area contributed by atoms with Gasteiger partial charge in [0.05, 0.1) is 26.9 Å². The number of piperidine rings is 1. The van der Waals surface area contributed by atoms with Gasteiger partial charge < -0.3 is 4.90 Å². The van der Waals surface area contributed by atoms with Crippen molar-refractivity contribution in [2.75, 3.05) is 13.1 Å². The van der Waals surface area contributed by atoms with Gasteiger partial charge >= 0.3 is 0 Å². The number of hydrogen-bond acceptors (Lipinski definition) is 7. The molecule has 1 aliphatic rings. The fraction of sp³-hybridized carbons (Fsp3) is 0.250. The average molecular weight is 493 g/mol. The smallest absolute Gasteiger partial charge is 0.263 e. The highest BCUT2D eigenvalue weighted by Crippen LogP contribution is 2.35. The van der Waals surface area contributed by atoms with E-state index in [0.29, 0.717) is 29.2 Å². The number of hydrogen-bond donors (Lipinski definition) is 0. The van der Waals surface area contributed by atoms with Crippen LogP contribution >= 0.6 is 34.0 Å². The first-order valence-electron chi connectivity index (χ1n) is 10.8. The Morgan fingerprint density at radius 3 is 2.73 bits per heavy atom. The Labute approximate surface area is 201 Å². The van der Waals surface area contributed by atoms with Crippen LogP contribution in [0.25, 0.3) is 30.9 Å². The Morgan fingerprint density at radius 2 is 1.94 bits per heavy atom. The van der Waals surface area contributed by atoms with Crippen LogP contribution in [0.1, 0.15) is 23.8 Å². The molecule has 5 heterocycles. The Balaban J connectivity index is 1.17. The standard InChI is InChI=1S/C24H20N4O2S3/c29-20(27-9-7-15(8-10-27)22-26-17-4-1-2-5-19(17)33-22)12-28-14-25-23-21(24(28)30)16(13-32-23)18-6-3-11-31-18/h1-6,11,13-15H,7-10,12H2. The van der Waals surface area contributed by atoms with Crippen LogP contribution in [-0.4, -0.2) is 38.4 Å². The van der Waals surface area contributed by atoms with Crippen molar-refractivity contribution in [3.63, 3.8) is 0 Å². The average Bonchev–Trinajstić information content (AvgIpc) is 3.60. The summed E-state index contributed by atoms with van der Waals surface area (Å²) in [4.78, 5) is 39.1. The van der Waals surface area contributed by atoms with Crippen LogP contribution < -0.4 is 5.56 Å². The Kier molecular flexibility index (Phi) is 5.32. The lowest BCUT2D eigenvalue weighted by Gasteiger charge is -2.31. The van der Waals surface area contributed by atoms with E-state index in [1.807, 2.05) is 46.0 Å². The molecule has 0 atom stereocenters. The highest BCUT2D eigenvalue weighted by Gasteiger charge is 2.26. The number of carbonyl (C=O) groups excluding carboxylic acids is 1. The van der Waals surface area contributed by atoms with E-state index < -0.39 is 0 Å². The summed E-state index contributed by atoms with van der Waals surface area (Å²) >= 11 is 4.81. The van der Waals surface area contributed by atoms with Gasteiger partial charge in [0.15, 0.2) is 0 Å². The molecular weight excluding hydrogens is 472 g/mol. The van der Waals surface area contributed by atoms with Crippen molar-refractivity contribution < 1.29 is 4.79 Å². The molecule has 1 aliphatic heterocycles. The number of likely N-dealkylation sites (tertiary alicyclic amines) is 1. The molecule has 0 unspecified atom stereocenters. The second kappa shape index (κ2) is 8.48. The number of para-hydroxylation sites is 1. The van der Waals surface area contributed by atoms with Gasteiger partial charge in [0.2, 0.25) is 5.91 Å². The van der Waals surface area contributed by atoms with E-state index in [1.54, 1.807) is 22.7 Å². The van der Waals surface area contributed by atoms with Gasteiger partial charge in [-0.15, -0.1) is 34.0 Å². The van der Waals surface area contributed by atoms with Crippen LogP contribution in [0, 0.1) is 0 Å². The number of fused-ring (bicyclic) bond motifs is 2. The summed E-state index contributed by atoms with van der Waals surface area (Å²) in [5.74, 6) is 0.347. The molecule has 0 radical (unpaired) electrons. The zero-order valence-electron chi connectivity index (χ0n) is 17.6. The number of thiazole rings is 1. The van der Waals surface area contributed by atoms with E-state index in [9.17, 15) is 9.59 Å². The van der Waals surface area contributed by atoms with Gasteiger partial charge in [-0.2, -0.15) is 0 Å². The van der Waals surface area contributed by atoms with E-state index in [-0.39, 0.29) is 18.0 Å². The fourth-order valence-electron chi connectivity index (χ4n) is 4.38. The maximum Gasteiger partial charge on any atom is 0.263 e. The molecular formula is C24H20N4O2S3. The molecule has 9 heteroatoms. The minimum atomic E-state index is -0.151. The van der Waals surface area contributed by atoms with Crippen molar-refractivity contribution in [3.05, 3.63) is 68.8 Å². The topological polar surface area (TPSA) is 68.1 Å². The monoisotopic (exact) mass is 492 g/mol. The number of thiophene rings is 2. The van der Waals surface area contributed by atoms with Crippen molar-refractivity contribution >= 4 is 60.4 Å². The Hall–Kier alpha value is -2.88. The lowest BCUT2D eigenvalue weighted by atomic mass is 9.97. The zero-order valence-corrected chi connectivity index (χ0v) is 20.1. The third kappa shape index (κ3) is 3.80. The minimum absolute atomic E-state index is 0.0211. The van der Waals surface area contributed by atoms with Crippen LogP contribution in [0.15, 0.2) is 58.3 Å². The van der Waals surface area contributed by atoms with Crippen molar-refractivity contribution in [2.24, 2.45) is 0 Å². The summed E-state index contributed by atoms with van der Waals surface area (Å²) in [5, 5.41) is 5.74. The normalized spacial score (nSPS) is 15.0. The fourth-order valence-corrected chi connectivity index (χ4v) is 7.24. The van der Waals surface area contributed by atoms with E-state index in [0.717, 1.165) is 33.8 Å². The van der Waals surface area contributed by atoms with Crippen molar-refractivity contribution in [3.8, 4) is 10.4 Å². The minimum Gasteiger partial charge on any atom is -0.341 e. The van der Waals surface area contributed by atoms with E-state index in [1.165, 1.54) is 26.9 Å². The molecule has 0 aliphatic carbocycles. The van der Waals surface area contributed by atoms with Gasteiger partial charge in [-0.25, -0.2) is 9.97 Å². The molecule has 166 valence electrons. The van der Waals surface area contributed by atoms with Gasteiger partial charge in [0, 0.05) is 34.8 Å². The first-order valence-corrected chi connectivity index (χ1v) is 13.4. The van der Waals surface area contributed by atoms with Crippen molar-refractivity contribution in [1.29, 1.82) is 0 Å². The van der Waals surface area contributed by atoms with Gasteiger partial charge in [-0.05, 0) is 36.4 Å². The van der Waals surface area contributed by atoms with Gasteiger partial charge in [-0.1, -0.05) is 18.2 Å². The zero-order chi connectivity index (χ0) is 22.4. The van der Waals surface area contributed by atoms with Gasteiger partial charge in [0.25, 0.3) is 5.56 Å². The van der Waals surface area contributed by atoms with Gasteiger partial charge in [-0.3, -0.25) is 14.2 Å². The largest absolute Gasteiger partial charge is 0.341 e. The first-order chi connectivity index (χ1) is 16.2. The number of amides is 1. The van der Waals surface area contributed by atoms with E-state index in [4.69, 9.17) is 4.98 Å². The van der Waals surface area contributed by atoms with Crippen molar-refractivity contribution in [2.45, 2.75) is 25.3 Å². The van der Waals surface area contributed by atoms with Crippen LogP contribution in [0.4, 0.5) is 0 Å². The molecule has 33 heavy (non-hydrogen) atoms. The molecule has 6 rings (SSSR count). The molecule has 1 fully saturated rings. The van der Waals surface area contributed by atoms with Crippen LogP contribution in [0.3, 0.4) is 0 Å². The molecule has 0 N–H and O–H groups in total. The first kappa shape index (κ1) is 20.7. The number of benzene rings is 1. The number of rotatable bonds is 4. The summed E-state index contributed by atoms with van der Waals surface area (Å²) in [6, 6.07) is 12.2. The molecule has 1 saturated heterocycles. The molecule has 1 aromatic carbocycles. The van der Waals surface area contributed by atoms with Crippen LogP contribution in [-0.2, 0) is 11.3 Å². The summed E-state index contributed by atoms with van der Waals surface area (Å²) in [7, 11) is 0. The molecule has 6 nitrogen and oxygen atoms in total. The Bertz CT molecular complexity index is 1470. The number of carbonyl (C=O) groups is 1. The summed E-state index contributed by atoms with van der Waals surface area (Å²) in [6.45, 7) is 1.39. The molecule has 4 aromatic heterocycles. The SMILES string of the molecule is O=C(Cn1cnc2scc(-c3cccs3)c2c1=O)N1CCC(c2nc3ccccc3s2)CC1. The second-order valence-electron chi connectivity index (χ2n) is 8.16. The third-order valence-corrected chi connectivity index (χ3v) is 9.15. The highest BCUT2D eigenvalue weighted by molar-refractivity contribution is 7.19. The lowest BCUT2D eigenvalue weighted by Crippen LogP contribution is -2.41. The van der Waals surface area contributed by atoms with Crippen molar-refractivity contribution in [1.82, 2.24) is 19.4 Å². The Morgan fingerprint density at radius 1 is 1.09 bits per heavy atom. The summed E-state index contributed by atoms with van der Waals surface area (Å²) in [5.41, 5.74) is 1.80. The van der Waals surface area contributed by atoms with E-state index in [2.05, 4.69) is 11.1 Å². The number of aromatic nitrogens is 3. The van der Waals surface area contributed by atoms with E-state index >= 15 is 0 Å².